The fraction of sp³-hybridized carbons (Fsp3) is 0.200. The summed E-state index contributed by atoms with van der Waals surface area (Å²) in [7, 11) is -0.0118. The van der Waals surface area contributed by atoms with Gasteiger partial charge in [-0.2, -0.15) is 0 Å². The molecular weight excluding hydrogens is 212 g/mol. The van der Waals surface area contributed by atoms with Crippen LogP contribution in [-0.2, 0) is 22.1 Å². The van der Waals surface area contributed by atoms with Gasteiger partial charge in [-0.25, -0.2) is 0 Å². The monoisotopic (exact) mass is 222 g/mol. The van der Waals surface area contributed by atoms with E-state index in [1.807, 2.05) is 24.3 Å². The molecule has 0 atom stereocenters. The van der Waals surface area contributed by atoms with Gasteiger partial charge in [-0.1, -0.05) is 0 Å². The minimum absolute atomic E-state index is 0.0118. The summed E-state index contributed by atoms with van der Waals surface area (Å²) in [5.41, 5.74) is 0. The summed E-state index contributed by atoms with van der Waals surface area (Å²) in [6.07, 6.45) is 3.23. The van der Waals surface area contributed by atoms with Crippen molar-refractivity contribution in [2.24, 2.45) is 0 Å². The number of rotatable bonds is 6. The highest BCUT2D eigenvalue weighted by Crippen LogP contribution is 2.03. The summed E-state index contributed by atoms with van der Waals surface area (Å²) < 4.78 is 20.7. The van der Waals surface area contributed by atoms with Gasteiger partial charge in [0.15, 0.2) is 0 Å². The van der Waals surface area contributed by atoms with E-state index >= 15 is 0 Å². The molecule has 2 radical (unpaired) electrons. The number of hydrogen-bond acceptors (Lipinski definition) is 4. The summed E-state index contributed by atoms with van der Waals surface area (Å²) in [6, 6.07) is 7.37. The lowest BCUT2D eigenvalue weighted by atomic mass is 10.5. The smallest absolute Gasteiger partial charge is 0.434 e. The van der Waals surface area contributed by atoms with Crippen molar-refractivity contribution in [3.05, 3.63) is 48.3 Å². The highest BCUT2D eigenvalue weighted by atomic mass is 28.3. The first-order valence-corrected chi connectivity index (χ1v) is 5.30. The second kappa shape index (κ2) is 5.55. The fourth-order valence-electron chi connectivity index (χ4n) is 1.03. The van der Waals surface area contributed by atoms with Crippen LogP contribution in [0.15, 0.2) is 45.6 Å². The maximum Gasteiger partial charge on any atom is 0.434 e. The highest BCUT2D eigenvalue weighted by Gasteiger charge is 2.00. The molecule has 0 N–H and O–H groups in total. The second-order valence-corrected chi connectivity index (χ2v) is 3.56. The average Bonchev–Trinajstić information content (AvgIpc) is 2.88. The van der Waals surface area contributed by atoms with E-state index in [0.29, 0.717) is 13.2 Å². The van der Waals surface area contributed by atoms with Gasteiger partial charge in [0.25, 0.3) is 0 Å². The molecule has 0 amide bonds. The van der Waals surface area contributed by atoms with E-state index in [1.165, 1.54) is 0 Å². The molecule has 0 fully saturated rings. The molecule has 0 bridgehead atoms. The third-order valence-electron chi connectivity index (χ3n) is 1.71. The van der Waals surface area contributed by atoms with E-state index in [4.69, 9.17) is 17.7 Å². The molecule has 4 nitrogen and oxygen atoms in total. The minimum Gasteiger partial charge on any atom is -0.467 e. The van der Waals surface area contributed by atoms with Crippen LogP contribution in [0.5, 0.6) is 0 Å². The second-order valence-electron chi connectivity index (χ2n) is 2.82. The van der Waals surface area contributed by atoms with E-state index in [9.17, 15) is 0 Å². The zero-order valence-electron chi connectivity index (χ0n) is 8.01. The molecule has 2 aromatic rings. The molecule has 5 heteroatoms. The summed E-state index contributed by atoms with van der Waals surface area (Å²) >= 11 is 0. The summed E-state index contributed by atoms with van der Waals surface area (Å²) in [5, 5.41) is 0. The molecular formula is C10H10O4Si. The van der Waals surface area contributed by atoms with Crippen molar-refractivity contribution in [2.45, 2.75) is 13.2 Å². The van der Waals surface area contributed by atoms with Gasteiger partial charge in [0.1, 0.15) is 11.5 Å². The van der Waals surface area contributed by atoms with Crippen molar-refractivity contribution < 1.29 is 17.7 Å². The van der Waals surface area contributed by atoms with Gasteiger partial charge in [0.05, 0.1) is 25.7 Å². The normalized spacial score (nSPS) is 10.7. The van der Waals surface area contributed by atoms with Crippen LogP contribution in [0, 0.1) is 0 Å². The molecule has 78 valence electrons. The predicted molar refractivity (Wildman–Crippen MR) is 52.7 cm³/mol. The largest absolute Gasteiger partial charge is 0.467 e. The Morgan fingerprint density at radius 3 is 1.87 bits per heavy atom. The molecule has 0 spiro atoms. The molecule has 0 aromatic carbocycles. The van der Waals surface area contributed by atoms with E-state index in [-0.39, 0.29) is 10.0 Å². The van der Waals surface area contributed by atoms with Crippen LogP contribution in [0.3, 0.4) is 0 Å². The zero-order valence-corrected chi connectivity index (χ0v) is 9.01. The van der Waals surface area contributed by atoms with E-state index in [2.05, 4.69) is 0 Å². The Morgan fingerprint density at radius 1 is 0.933 bits per heavy atom. The maximum atomic E-state index is 5.25. The lowest BCUT2D eigenvalue weighted by Gasteiger charge is -1.99. The van der Waals surface area contributed by atoms with Gasteiger partial charge in [-0.15, -0.1) is 0 Å². The Morgan fingerprint density at radius 2 is 1.47 bits per heavy atom. The third-order valence-corrected chi connectivity index (χ3v) is 2.23. The van der Waals surface area contributed by atoms with Crippen LogP contribution in [0.4, 0.5) is 0 Å². The van der Waals surface area contributed by atoms with E-state index in [0.717, 1.165) is 11.5 Å². The molecule has 0 aliphatic carbocycles. The zero-order chi connectivity index (χ0) is 10.3. The van der Waals surface area contributed by atoms with Gasteiger partial charge in [0.2, 0.25) is 0 Å². The highest BCUT2D eigenvalue weighted by molar-refractivity contribution is 6.17. The summed E-state index contributed by atoms with van der Waals surface area (Å²) in [4.78, 5) is 0. The predicted octanol–water partition coefficient (Wildman–Crippen LogP) is 2.14. The van der Waals surface area contributed by atoms with E-state index in [1.54, 1.807) is 12.5 Å². The molecule has 0 saturated carbocycles. The lowest BCUT2D eigenvalue weighted by Crippen LogP contribution is -2.04. The van der Waals surface area contributed by atoms with Gasteiger partial charge in [0, 0.05) is 0 Å². The number of furan rings is 2. The van der Waals surface area contributed by atoms with Crippen molar-refractivity contribution in [1.29, 1.82) is 0 Å². The molecule has 15 heavy (non-hydrogen) atoms. The van der Waals surface area contributed by atoms with Crippen LogP contribution in [0.25, 0.3) is 0 Å². The van der Waals surface area contributed by atoms with Crippen molar-refractivity contribution >= 4 is 10.0 Å². The first-order chi connectivity index (χ1) is 7.45. The topological polar surface area (TPSA) is 44.7 Å². The Bertz CT molecular complexity index is 318. The third kappa shape index (κ3) is 3.39. The SMILES string of the molecule is c1coc(CO[Si]OCc2ccco2)c1. The maximum absolute atomic E-state index is 5.25. The standard InChI is InChI=1S/C10H10O4Si/c1-3-9(11-5-1)7-13-15-14-8-10-4-2-6-12-10/h1-6H,7-8H2. The van der Waals surface area contributed by atoms with Gasteiger partial charge in [-0.05, 0) is 24.3 Å². The van der Waals surface area contributed by atoms with Crippen molar-refractivity contribution in [3.63, 3.8) is 0 Å². The Labute approximate surface area is 89.9 Å². The lowest BCUT2D eigenvalue weighted by molar-refractivity contribution is 0.183. The molecule has 2 aromatic heterocycles. The van der Waals surface area contributed by atoms with Gasteiger partial charge >= 0.3 is 10.0 Å². The molecule has 2 rings (SSSR count). The van der Waals surface area contributed by atoms with Crippen LogP contribution in [-0.4, -0.2) is 10.0 Å². The van der Waals surface area contributed by atoms with Crippen molar-refractivity contribution in [2.75, 3.05) is 0 Å². The van der Waals surface area contributed by atoms with Crippen molar-refractivity contribution in [1.82, 2.24) is 0 Å². The van der Waals surface area contributed by atoms with Crippen LogP contribution >= 0.6 is 0 Å². The Kier molecular flexibility index (Phi) is 3.78. The molecule has 0 unspecified atom stereocenters. The van der Waals surface area contributed by atoms with Gasteiger partial charge in [-0.3, -0.25) is 0 Å². The molecule has 0 saturated heterocycles. The first-order valence-electron chi connectivity index (χ1n) is 4.48. The van der Waals surface area contributed by atoms with Crippen molar-refractivity contribution in [3.8, 4) is 0 Å². The quantitative estimate of drug-likeness (QED) is 0.555. The molecule has 0 aliphatic rings. The summed E-state index contributed by atoms with van der Waals surface area (Å²) in [6.45, 7) is 0.868. The van der Waals surface area contributed by atoms with Crippen LogP contribution < -0.4 is 0 Å². The van der Waals surface area contributed by atoms with Gasteiger partial charge < -0.3 is 17.7 Å². The van der Waals surface area contributed by atoms with Crippen LogP contribution in [0.1, 0.15) is 11.5 Å². The van der Waals surface area contributed by atoms with E-state index < -0.39 is 0 Å². The minimum atomic E-state index is -0.0118. The average molecular weight is 222 g/mol. The Hall–Kier alpha value is -1.30. The molecule has 0 aliphatic heterocycles. The first kappa shape index (κ1) is 10.2. The summed E-state index contributed by atoms with van der Waals surface area (Å²) in [5.74, 6) is 1.59. The molecule has 2 heterocycles. The van der Waals surface area contributed by atoms with Crippen LogP contribution in [0.2, 0.25) is 0 Å². The fourth-order valence-corrected chi connectivity index (χ4v) is 1.52. The Balaban J connectivity index is 1.56. The number of hydrogen-bond donors (Lipinski definition) is 0.